The van der Waals surface area contributed by atoms with Crippen LogP contribution in [0, 0.1) is 0 Å². The molecule has 0 spiro atoms. The summed E-state index contributed by atoms with van der Waals surface area (Å²) in [6, 6.07) is 33.3. The number of fused-ring (bicyclic) bond motifs is 5. The van der Waals surface area contributed by atoms with Gasteiger partial charge in [0, 0.05) is 22.7 Å². The molecule has 1 aliphatic heterocycles. The number of hydrogen-bond donors (Lipinski definition) is 0. The lowest BCUT2D eigenvalue weighted by Crippen LogP contribution is -2.15. The van der Waals surface area contributed by atoms with Gasteiger partial charge in [0.1, 0.15) is 0 Å². The Kier molecular flexibility index (Phi) is 4.19. The molecule has 0 saturated carbocycles. The molecule has 0 saturated heterocycles. The standard InChI is InChI=1S/C32H23NO2/c1-32(2)25-16-21(22-13-15-27(33-19-22)20-8-4-3-5-9-20)12-14-23(25)24-17-30-31(18-26(24)32)35-29-11-7-6-10-28(29)34-30/h3-19H,1-2H3. The molecule has 5 aromatic rings. The summed E-state index contributed by atoms with van der Waals surface area (Å²) in [5, 5.41) is 0. The van der Waals surface area contributed by atoms with Crippen LogP contribution in [0.4, 0.5) is 0 Å². The number of nitrogens with zero attached hydrogens (tertiary/aromatic N) is 1. The second kappa shape index (κ2) is 7.31. The maximum Gasteiger partial charge on any atom is 0.170 e. The van der Waals surface area contributed by atoms with Gasteiger partial charge >= 0.3 is 0 Å². The normalized spacial score (nSPS) is 14.1. The van der Waals surface area contributed by atoms with Crippen molar-refractivity contribution in [2.45, 2.75) is 19.3 Å². The molecule has 1 aromatic heterocycles. The molecular weight excluding hydrogens is 430 g/mol. The lowest BCUT2D eigenvalue weighted by molar-refractivity contribution is 0.359. The number of para-hydroxylation sites is 2. The van der Waals surface area contributed by atoms with Crippen LogP contribution >= 0.6 is 0 Å². The Labute approximate surface area is 204 Å². The van der Waals surface area contributed by atoms with E-state index in [2.05, 4.69) is 68.4 Å². The van der Waals surface area contributed by atoms with E-state index < -0.39 is 0 Å². The molecule has 168 valence electrons. The van der Waals surface area contributed by atoms with Crippen molar-refractivity contribution in [3.8, 4) is 56.5 Å². The van der Waals surface area contributed by atoms with E-state index in [1.54, 1.807) is 0 Å². The van der Waals surface area contributed by atoms with E-state index in [-0.39, 0.29) is 5.41 Å². The highest BCUT2D eigenvalue weighted by atomic mass is 16.6. The number of pyridine rings is 1. The summed E-state index contributed by atoms with van der Waals surface area (Å²) < 4.78 is 12.4. The molecule has 0 amide bonds. The highest BCUT2D eigenvalue weighted by Gasteiger charge is 2.37. The van der Waals surface area contributed by atoms with Gasteiger partial charge in [0.25, 0.3) is 0 Å². The van der Waals surface area contributed by atoms with Crippen LogP contribution in [0.5, 0.6) is 23.0 Å². The maximum atomic E-state index is 6.20. The van der Waals surface area contributed by atoms with Crippen LogP contribution in [-0.4, -0.2) is 4.98 Å². The Morgan fingerprint density at radius 1 is 0.543 bits per heavy atom. The van der Waals surface area contributed by atoms with E-state index in [0.717, 1.165) is 39.8 Å². The zero-order valence-electron chi connectivity index (χ0n) is 19.6. The summed E-state index contributed by atoms with van der Waals surface area (Å²) in [7, 11) is 0. The van der Waals surface area contributed by atoms with Crippen LogP contribution in [0.2, 0.25) is 0 Å². The molecule has 7 rings (SSSR count). The number of hydrogen-bond acceptors (Lipinski definition) is 3. The average molecular weight is 454 g/mol. The van der Waals surface area contributed by atoms with Crippen LogP contribution < -0.4 is 9.47 Å². The van der Waals surface area contributed by atoms with E-state index >= 15 is 0 Å². The molecule has 2 heterocycles. The van der Waals surface area contributed by atoms with Crippen molar-refractivity contribution in [2.24, 2.45) is 0 Å². The maximum absolute atomic E-state index is 6.20. The summed E-state index contributed by atoms with van der Waals surface area (Å²) in [5.41, 5.74) is 9.23. The summed E-state index contributed by atoms with van der Waals surface area (Å²) in [6.45, 7) is 4.56. The van der Waals surface area contributed by atoms with E-state index in [1.807, 2.05) is 48.7 Å². The van der Waals surface area contributed by atoms with Crippen LogP contribution in [0.15, 0.2) is 103 Å². The molecule has 1 aliphatic carbocycles. The molecule has 0 unspecified atom stereocenters. The van der Waals surface area contributed by atoms with Crippen molar-refractivity contribution in [2.75, 3.05) is 0 Å². The molecular formula is C32H23NO2. The number of ether oxygens (including phenoxy) is 2. The molecule has 0 N–H and O–H groups in total. The predicted octanol–water partition coefficient (Wildman–Crippen LogP) is 8.62. The first-order chi connectivity index (χ1) is 17.1. The van der Waals surface area contributed by atoms with Gasteiger partial charge in [-0.1, -0.05) is 74.5 Å². The first-order valence-electron chi connectivity index (χ1n) is 11.9. The highest BCUT2D eigenvalue weighted by Crippen LogP contribution is 2.55. The quantitative estimate of drug-likeness (QED) is 0.263. The minimum Gasteiger partial charge on any atom is -0.450 e. The Hall–Kier alpha value is -4.37. The molecule has 0 atom stereocenters. The minimum absolute atomic E-state index is 0.159. The molecule has 0 bridgehead atoms. The first-order valence-corrected chi connectivity index (χ1v) is 11.9. The largest absolute Gasteiger partial charge is 0.450 e. The molecule has 35 heavy (non-hydrogen) atoms. The summed E-state index contributed by atoms with van der Waals surface area (Å²) in [5.74, 6) is 3.03. The number of rotatable bonds is 2. The van der Waals surface area contributed by atoms with Crippen LogP contribution in [-0.2, 0) is 5.41 Å². The zero-order chi connectivity index (χ0) is 23.6. The molecule has 3 heteroatoms. The van der Waals surface area contributed by atoms with Gasteiger partial charge < -0.3 is 9.47 Å². The number of aromatic nitrogens is 1. The monoisotopic (exact) mass is 453 g/mol. The Balaban J connectivity index is 1.28. The molecule has 3 nitrogen and oxygen atoms in total. The first kappa shape index (κ1) is 20.0. The average Bonchev–Trinajstić information content (AvgIpc) is 3.12. The van der Waals surface area contributed by atoms with Crippen molar-refractivity contribution >= 4 is 0 Å². The van der Waals surface area contributed by atoms with Gasteiger partial charge in [-0.25, -0.2) is 0 Å². The third-order valence-corrected chi connectivity index (χ3v) is 7.20. The van der Waals surface area contributed by atoms with Crippen molar-refractivity contribution in [3.05, 3.63) is 114 Å². The summed E-state index contributed by atoms with van der Waals surface area (Å²) >= 11 is 0. The van der Waals surface area contributed by atoms with E-state index in [9.17, 15) is 0 Å². The van der Waals surface area contributed by atoms with Crippen molar-refractivity contribution in [1.82, 2.24) is 4.98 Å². The third kappa shape index (κ3) is 3.08. The SMILES string of the molecule is CC1(C)c2cc(-c3ccc(-c4ccccc4)nc3)ccc2-c2cc3c(cc21)Oc1ccccc1O3. The zero-order valence-corrected chi connectivity index (χ0v) is 19.6. The van der Waals surface area contributed by atoms with Gasteiger partial charge in [0.15, 0.2) is 23.0 Å². The molecule has 4 aromatic carbocycles. The lowest BCUT2D eigenvalue weighted by atomic mass is 9.81. The van der Waals surface area contributed by atoms with E-state index in [0.29, 0.717) is 0 Å². The van der Waals surface area contributed by atoms with Crippen LogP contribution in [0.25, 0.3) is 33.5 Å². The minimum atomic E-state index is -0.159. The topological polar surface area (TPSA) is 31.4 Å². The molecule has 0 fully saturated rings. The fraction of sp³-hybridized carbons (Fsp3) is 0.0938. The fourth-order valence-corrected chi connectivity index (χ4v) is 5.28. The predicted molar refractivity (Wildman–Crippen MR) is 139 cm³/mol. The van der Waals surface area contributed by atoms with Crippen LogP contribution in [0.1, 0.15) is 25.0 Å². The second-order valence-electron chi connectivity index (χ2n) is 9.68. The molecule has 2 aliphatic rings. The lowest BCUT2D eigenvalue weighted by Gasteiger charge is -2.25. The van der Waals surface area contributed by atoms with Gasteiger partial charge in [-0.05, 0) is 64.2 Å². The van der Waals surface area contributed by atoms with Gasteiger partial charge in [-0.2, -0.15) is 0 Å². The van der Waals surface area contributed by atoms with E-state index in [1.165, 1.54) is 27.8 Å². The Morgan fingerprint density at radius 3 is 1.91 bits per heavy atom. The van der Waals surface area contributed by atoms with Gasteiger partial charge in [0.2, 0.25) is 0 Å². The fourth-order valence-electron chi connectivity index (χ4n) is 5.28. The smallest absolute Gasteiger partial charge is 0.170 e. The summed E-state index contributed by atoms with van der Waals surface area (Å²) in [6.07, 6.45) is 1.97. The highest BCUT2D eigenvalue weighted by molar-refractivity contribution is 5.85. The van der Waals surface area contributed by atoms with Gasteiger partial charge in [-0.3, -0.25) is 4.98 Å². The van der Waals surface area contributed by atoms with E-state index in [4.69, 9.17) is 14.5 Å². The van der Waals surface area contributed by atoms with Gasteiger partial charge in [0.05, 0.1) is 5.69 Å². The summed E-state index contributed by atoms with van der Waals surface area (Å²) in [4.78, 5) is 4.73. The third-order valence-electron chi connectivity index (χ3n) is 7.20. The Bertz CT molecular complexity index is 1600. The van der Waals surface area contributed by atoms with Crippen LogP contribution in [0.3, 0.4) is 0 Å². The second-order valence-corrected chi connectivity index (χ2v) is 9.68. The van der Waals surface area contributed by atoms with Gasteiger partial charge in [-0.15, -0.1) is 0 Å². The van der Waals surface area contributed by atoms with Crippen molar-refractivity contribution in [3.63, 3.8) is 0 Å². The van der Waals surface area contributed by atoms with Crippen molar-refractivity contribution in [1.29, 1.82) is 0 Å². The van der Waals surface area contributed by atoms with Crippen molar-refractivity contribution < 1.29 is 9.47 Å². The Morgan fingerprint density at radius 2 is 1.20 bits per heavy atom. The molecule has 0 radical (unpaired) electrons. The number of benzene rings is 4.